The molecule has 1 aromatic rings. The van der Waals surface area contributed by atoms with Gasteiger partial charge in [0.2, 0.25) is 0 Å². The zero-order valence-electron chi connectivity index (χ0n) is 12.0. The van der Waals surface area contributed by atoms with Crippen molar-refractivity contribution in [2.75, 3.05) is 0 Å². The first kappa shape index (κ1) is 13.9. The van der Waals surface area contributed by atoms with Crippen LogP contribution in [0, 0.1) is 12.8 Å². The summed E-state index contributed by atoms with van der Waals surface area (Å²) in [6.45, 7) is 2.40. The number of carboxylic acid groups (broad SMARTS) is 1. The minimum atomic E-state index is -0.789. The van der Waals surface area contributed by atoms with Gasteiger partial charge >= 0.3 is 12.0 Å². The molecular formula is C15H19N3O3. The number of aliphatic carboxylic acids is 1. The third kappa shape index (κ3) is 2.46. The maximum atomic E-state index is 12.4. The highest BCUT2D eigenvalue weighted by Crippen LogP contribution is 2.41. The molecule has 2 saturated heterocycles. The summed E-state index contributed by atoms with van der Waals surface area (Å²) in [6, 6.07) is 1.67. The first-order valence-electron chi connectivity index (χ1n) is 7.26. The number of carboxylic acids is 1. The maximum Gasteiger partial charge on any atom is 0.318 e. The number of hydrogen-bond acceptors (Lipinski definition) is 3. The Bertz CT molecular complexity index is 575. The average Bonchev–Trinajstić information content (AvgIpc) is 3.04. The second kappa shape index (κ2) is 5.35. The molecule has 0 spiro atoms. The van der Waals surface area contributed by atoms with Crippen LogP contribution in [-0.2, 0) is 11.3 Å². The van der Waals surface area contributed by atoms with Crippen molar-refractivity contribution in [3.05, 3.63) is 29.6 Å². The second-order valence-corrected chi connectivity index (χ2v) is 5.85. The number of nitrogens with one attached hydrogen (secondary N) is 1. The van der Waals surface area contributed by atoms with Gasteiger partial charge in [-0.15, -0.1) is 0 Å². The number of aromatic nitrogens is 1. The van der Waals surface area contributed by atoms with E-state index in [-0.39, 0.29) is 18.1 Å². The van der Waals surface area contributed by atoms with Crippen molar-refractivity contribution in [1.82, 2.24) is 15.2 Å². The van der Waals surface area contributed by atoms with E-state index in [9.17, 15) is 14.7 Å². The second-order valence-electron chi connectivity index (χ2n) is 5.85. The van der Waals surface area contributed by atoms with Crippen molar-refractivity contribution in [3.8, 4) is 0 Å². The predicted molar refractivity (Wildman–Crippen MR) is 75.6 cm³/mol. The molecule has 2 fully saturated rings. The van der Waals surface area contributed by atoms with E-state index in [0.717, 1.165) is 24.0 Å². The number of fused-ring (bicyclic) bond motifs is 2. The molecule has 0 aliphatic carbocycles. The van der Waals surface area contributed by atoms with Crippen LogP contribution in [0.2, 0.25) is 0 Å². The summed E-state index contributed by atoms with van der Waals surface area (Å²) in [5, 5.41) is 12.1. The summed E-state index contributed by atoms with van der Waals surface area (Å²) in [5.74, 6) is -1.20. The molecule has 21 heavy (non-hydrogen) atoms. The molecular weight excluding hydrogens is 270 g/mol. The van der Waals surface area contributed by atoms with Gasteiger partial charge in [0, 0.05) is 31.0 Å². The molecule has 3 unspecified atom stereocenters. The smallest absolute Gasteiger partial charge is 0.318 e. The number of nitrogens with zero attached hydrogens (tertiary/aromatic N) is 2. The average molecular weight is 289 g/mol. The van der Waals surface area contributed by atoms with E-state index in [2.05, 4.69) is 10.3 Å². The number of aryl methyl sites for hydroxylation is 1. The lowest BCUT2D eigenvalue weighted by atomic mass is 9.89. The number of rotatable bonds is 3. The molecule has 2 N–H and O–H groups in total. The summed E-state index contributed by atoms with van der Waals surface area (Å²) >= 11 is 0. The third-order valence-electron chi connectivity index (χ3n) is 4.67. The summed E-state index contributed by atoms with van der Waals surface area (Å²) in [7, 11) is 0. The zero-order chi connectivity index (χ0) is 15.0. The Kier molecular flexibility index (Phi) is 3.53. The molecule has 0 aromatic carbocycles. The van der Waals surface area contributed by atoms with Gasteiger partial charge in [0.05, 0.1) is 5.92 Å². The molecule has 0 saturated carbocycles. The Morgan fingerprint density at radius 2 is 2.29 bits per heavy atom. The number of amides is 2. The van der Waals surface area contributed by atoms with Crippen LogP contribution in [0.15, 0.2) is 18.5 Å². The number of urea groups is 1. The molecule has 6 heteroatoms. The van der Waals surface area contributed by atoms with Crippen molar-refractivity contribution in [1.29, 1.82) is 0 Å². The summed E-state index contributed by atoms with van der Waals surface area (Å²) < 4.78 is 0. The van der Waals surface area contributed by atoms with Crippen LogP contribution in [0.4, 0.5) is 4.79 Å². The van der Waals surface area contributed by atoms with Gasteiger partial charge in [-0.1, -0.05) is 0 Å². The monoisotopic (exact) mass is 289 g/mol. The lowest BCUT2D eigenvalue weighted by molar-refractivity contribution is -0.142. The van der Waals surface area contributed by atoms with Crippen molar-refractivity contribution in [3.63, 3.8) is 0 Å². The minimum Gasteiger partial charge on any atom is -0.481 e. The largest absolute Gasteiger partial charge is 0.481 e. The first-order valence-corrected chi connectivity index (χ1v) is 7.26. The Balaban J connectivity index is 1.64. The van der Waals surface area contributed by atoms with E-state index in [1.165, 1.54) is 0 Å². The number of pyridine rings is 1. The Morgan fingerprint density at radius 3 is 2.95 bits per heavy atom. The van der Waals surface area contributed by atoms with Crippen LogP contribution in [0.3, 0.4) is 0 Å². The first-order chi connectivity index (χ1) is 10.1. The van der Waals surface area contributed by atoms with Gasteiger partial charge in [0.1, 0.15) is 0 Å². The molecule has 2 bridgehead atoms. The molecule has 2 amide bonds. The van der Waals surface area contributed by atoms with E-state index in [1.807, 2.05) is 13.0 Å². The summed E-state index contributed by atoms with van der Waals surface area (Å²) in [5.41, 5.74) is 2.06. The fourth-order valence-corrected chi connectivity index (χ4v) is 3.51. The molecule has 3 atom stereocenters. The molecule has 0 radical (unpaired) electrons. The Labute approximate surface area is 123 Å². The third-order valence-corrected chi connectivity index (χ3v) is 4.67. The van der Waals surface area contributed by atoms with Crippen molar-refractivity contribution >= 4 is 12.0 Å². The molecule has 112 valence electrons. The molecule has 6 nitrogen and oxygen atoms in total. The van der Waals surface area contributed by atoms with Crippen LogP contribution >= 0.6 is 0 Å². The van der Waals surface area contributed by atoms with Gasteiger partial charge in [0.15, 0.2) is 0 Å². The standard InChI is InChI=1S/C15H19N3O3/c1-9-4-5-16-7-10(9)8-17-15(21)18-11-2-3-13(18)12(6-11)14(19)20/h4-5,7,11-13H,2-3,6,8H2,1H3,(H,17,21)(H,19,20). The molecule has 1 aromatic heterocycles. The minimum absolute atomic E-state index is 0.0751. The normalized spacial score (nSPS) is 26.9. The fraction of sp³-hybridized carbons (Fsp3) is 0.533. The van der Waals surface area contributed by atoms with Crippen LogP contribution in [0.25, 0.3) is 0 Å². The van der Waals surface area contributed by atoms with E-state index in [0.29, 0.717) is 13.0 Å². The quantitative estimate of drug-likeness (QED) is 0.884. The highest BCUT2D eigenvalue weighted by molar-refractivity contribution is 5.79. The highest BCUT2D eigenvalue weighted by atomic mass is 16.4. The van der Waals surface area contributed by atoms with Crippen LogP contribution in [0.1, 0.15) is 30.4 Å². The SMILES string of the molecule is Cc1ccncc1CNC(=O)N1C2CCC1C(C(=O)O)C2. The van der Waals surface area contributed by atoms with Gasteiger partial charge in [-0.3, -0.25) is 9.78 Å². The summed E-state index contributed by atoms with van der Waals surface area (Å²) in [6.07, 6.45) is 5.75. The lowest BCUT2D eigenvalue weighted by Gasteiger charge is -2.23. The van der Waals surface area contributed by atoms with Crippen LogP contribution < -0.4 is 5.32 Å². The topological polar surface area (TPSA) is 82.5 Å². The molecule has 3 heterocycles. The number of carbonyl (C=O) groups excluding carboxylic acids is 1. The predicted octanol–water partition coefficient (Wildman–Crippen LogP) is 1.54. The van der Waals surface area contributed by atoms with E-state index < -0.39 is 11.9 Å². The molecule has 2 aliphatic rings. The molecule has 2 aliphatic heterocycles. The van der Waals surface area contributed by atoms with Gasteiger partial charge < -0.3 is 15.3 Å². The van der Waals surface area contributed by atoms with E-state index in [4.69, 9.17) is 0 Å². The molecule has 3 rings (SSSR count). The lowest BCUT2D eigenvalue weighted by Crippen LogP contribution is -2.44. The number of hydrogen-bond donors (Lipinski definition) is 2. The maximum absolute atomic E-state index is 12.4. The highest BCUT2D eigenvalue weighted by Gasteiger charge is 2.51. The Morgan fingerprint density at radius 1 is 1.48 bits per heavy atom. The van der Waals surface area contributed by atoms with Gasteiger partial charge in [-0.25, -0.2) is 4.79 Å². The van der Waals surface area contributed by atoms with Crippen LogP contribution in [-0.4, -0.2) is 39.1 Å². The fourth-order valence-electron chi connectivity index (χ4n) is 3.51. The van der Waals surface area contributed by atoms with E-state index >= 15 is 0 Å². The van der Waals surface area contributed by atoms with Gasteiger partial charge in [-0.2, -0.15) is 0 Å². The van der Waals surface area contributed by atoms with E-state index in [1.54, 1.807) is 17.3 Å². The Hall–Kier alpha value is -2.11. The van der Waals surface area contributed by atoms with Crippen molar-refractivity contribution in [2.24, 2.45) is 5.92 Å². The van der Waals surface area contributed by atoms with Crippen molar-refractivity contribution < 1.29 is 14.7 Å². The van der Waals surface area contributed by atoms with Crippen LogP contribution in [0.5, 0.6) is 0 Å². The number of carbonyl (C=O) groups is 2. The zero-order valence-corrected chi connectivity index (χ0v) is 12.0. The van der Waals surface area contributed by atoms with Crippen molar-refractivity contribution in [2.45, 2.75) is 44.8 Å². The summed E-state index contributed by atoms with van der Waals surface area (Å²) in [4.78, 5) is 29.4. The van der Waals surface area contributed by atoms with Gasteiger partial charge in [0.25, 0.3) is 0 Å². The van der Waals surface area contributed by atoms with Gasteiger partial charge in [-0.05, 0) is 43.4 Å².